The van der Waals surface area contributed by atoms with E-state index in [0.717, 1.165) is 24.6 Å². The van der Waals surface area contributed by atoms with Crippen molar-refractivity contribution in [1.82, 2.24) is 0 Å². The summed E-state index contributed by atoms with van der Waals surface area (Å²) >= 11 is 3.35. The minimum absolute atomic E-state index is 0.0380. The van der Waals surface area contributed by atoms with Gasteiger partial charge in [0.25, 0.3) is 0 Å². The van der Waals surface area contributed by atoms with Crippen LogP contribution in [0.3, 0.4) is 0 Å². The number of unbranched alkanes of at least 4 members (excludes halogenated alkanes) is 4. The van der Waals surface area contributed by atoms with Gasteiger partial charge in [-0.05, 0) is 32.6 Å². The highest BCUT2D eigenvalue weighted by atomic mass is 79.9. The van der Waals surface area contributed by atoms with E-state index in [1.165, 1.54) is 25.7 Å². The fourth-order valence-corrected chi connectivity index (χ4v) is 1.96. The fraction of sp³-hybridized carbons (Fsp3) is 0.923. The van der Waals surface area contributed by atoms with Crippen LogP contribution in [0.1, 0.15) is 65.2 Å². The summed E-state index contributed by atoms with van der Waals surface area (Å²) in [7, 11) is 0. The van der Waals surface area contributed by atoms with Crippen LogP contribution in [0.15, 0.2) is 0 Å². The maximum atomic E-state index is 11.4. The van der Waals surface area contributed by atoms with Gasteiger partial charge in [-0.1, -0.05) is 42.1 Å². The molecule has 0 aromatic rings. The third-order valence-corrected chi connectivity index (χ3v) is 3.12. The normalized spacial score (nSPS) is 12.4. The van der Waals surface area contributed by atoms with Crippen LogP contribution in [0.25, 0.3) is 0 Å². The van der Waals surface area contributed by atoms with Crippen molar-refractivity contribution in [3.8, 4) is 0 Å². The third kappa shape index (κ3) is 10.5. The van der Waals surface area contributed by atoms with Gasteiger partial charge in [-0.2, -0.15) is 0 Å². The number of esters is 1. The van der Waals surface area contributed by atoms with E-state index < -0.39 is 0 Å². The molecule has 0 saturated carbocycles. The molecular weight excluding hydrogens is 268 g/mol. The predicted octanol–water partition coefficient (Wildman–Crippen LogP) is 4.45. The molecule has 96 valence electrons. The fourth-order valence-electron chi connectivity index (χ4n) is 1.56. The maximum absolute atomic E-state index is 11.4. The Bertz CT molecular complexity index is 171. The van der Waals surface area contributed by atoms with Crippen molar-refractivity contribution in [2.75, 3.05) is 5.33 Å². The number of carbonyl (C=O) groups excluding carboxylic acids is 1. The molecule has 0 heterocycles. The molecule has 0 aliphatic rings. The van der Waals surface area contributed by atoms with Gasteiger partial charge in [-0.15, -0.1) is 0 Å². The second-order valence-corrected chi connectivity index (χ2v) is 5.09. The quantitative estimate of drug-likeness (QED) is 0.338. The largest absolute Gasteiger partial charge is 0.463 e. The molecule has 0 aromatic heterocycles. The van der Waals surface area contributed by atoms with Gasteiger partial charge in [0.05, 0.1) is 6.10 Å². The highest BCUT2D eigenvalue weighted by Crippen LogP contribution is 2.09. The summed E-state index contributed by atoms with van der Waals surface area (Å²) in [5.41, 5.74) is 0. The molecule has 1 unspecified atom stereocenters. The summed E-state index contributed by atoms with van der Waals surface area (Å²) < 4.78 is 5.32. The second kappa shape index (κ2) is 11.4. The molecule has 0 saturated heterocycles. The molecule has 0 aliphatic heterocycles. The van der Waals surface area contributed by atoms with Gasteiger partial charge < -0.3 is 4.74 Å². The van der Waals surface area contributed by atoms with Gasteiger partial charge >= 0.3 is 5.97 Å². The number of ether oxygens (including phenoxy) is 1. The molecule has 0 N–H and O–H groups in total. The average Bonchev–Trinajstić information content (AvgIpc) is 2.25. The highest BCUT2D eigenvalue weighted by molar-refractivity contribution is 9.09. The van der Waals surface area contributed by atoms with Crippen molar-refractivity contribution >= 4 is 21.9 Å². The lowest BCUT2D eigenvalue weighted by atomic mass is 10.1. The van der Waals surface area contributed by atoms with E-state index in [1.54, 1.807) is 0 Å². The van der Waals surface area contributed by atoms with Crippen LogP contribution in [0.2, 0.25) is 0 Å². The van der Waals surface area contributed by atoms with Crippen molar-refractivity contribution in [2.24, 2.45) is 0 Å². The zero-order chi connectivity index (χ0) is 12.2. The van der Waals surface area contributed by atoms with Crippen molar-refractivity contribution in [3.63, 3.8) is 0 Å². The molecule has 0 aromatic carbocycles. The Morgan fingerprint density at radius 1 is 1.19 bits per heavy atom. The van der Waals surface area contributed by atoms with Gasteiger partial charge in [-0.3, -0.25) is 4.79 Å². The van der Waals surface area contributed by atoms with Crippen LogP contribution < -0.4 is 0 Å². The first kappa shape index (κ1) is 16.0. The van der Waals surface area contributed by atoms with Crippen LogP contribution in [-0.2, 0) is 9.53 Å². The number of alkyl halides is 1. The zero-order valence-electron chi connectivity index (χ0n) is 10.6. The lowest BCUT2D eigenvalue weighted by Crippen LogP contribution is -2.14. The van der Waals surface area contributed by atoms with Gasteiger partial charge in [0.2, 0.25) is 0 Å². The Labute approximate surface area is 108 Å². The number of halogens is 1. The van der Waals surface area contributed by atoms with Gasteiger partial charge in [0.1, 0.15) is 0 Å². The van der Waals surface area contributed by atoms with Crippen molar-refractivity contribution in [2.45, 2.75) is 71.3 Å². The Hall–Kier alpha value is -0.0500. The summed E-state index contributed by atoms with van der Waals surface area (Å²) in [5.74, 6) is -0.0380. The Kier molecular flexibility index (Phi) is 11.4. The van der Waals surface area contributed by atoms with E-state index in [4.69, 9.17) is 4.74 Å². The van der Waals surface area contributed by atoms with Crippen LogP contribution >= 0.6 is 15.9 Å². The summed E-state index contributed by atoms with van der Waals surface area (Å²) in [6, 6.07) is 0. The van der Waals surface area contributed by atoms with Crippen molar-refractivity contribution in [3.05, 3.63) is 0 Å². The molecule has 3 heteroatoms. The maximum Gasteiger partial charge on any atom is 0.306 e. The minimum Gasteiger partial charge on any atom is -0.463 e. The van der Waals surface area contributed by atoms with Gasteiger partial charge in [0.15, 0.2) is 0 Å². The van der Waals surface area contributed by atoms with Crippen LogP contribution in [0.5, 0.6) is 0 Å². The number of carbonyl (C=O) groups is 1. The van der Waals surface area contributed by atoms with Crippen molar-refractivity contribution in [1.29, 1.82) is 0 Å². The van der Waals surface area contributed by atoms with Crippen molar-refractivity contribution < 1.29 is 9.53 Å². The van der Waals surface area contributed by atoms with E-state index in [-0.39, 0.29) is 12.1 Å². The lowest BCUT2D eigenvalue weighted by molar-refractivity contribution is -0.148. The molecule has 2 nitrogen and oxygen atoms in total. The Morgan fingerprint density at radius 3 is 2.56 bits per heavy atom. The van der Waals surface area contributed by atoms with E-state index in [2.05, 4.69) is 22.9 Å². The summed E-state index contributed by atoms with van der Waals surface area (Å²) in [6.45, 7) is 4.20. The van der Waals surface area contributed by atoms with Gasteiger partial charge in [0, 0.05) is 11.8 Å². The molecule has 0 amide bonds. The highest BCUT2D eigenvalue weighted by Gasteiger charge is 2.08. The molecule has 1 atom stereocenters. The predicted molar refractivity (Wildman–Crippen MR) is 72.0 cm³/mol. The zero-order valence-corrected chi connectivity index (χ0v) is 12.2. The van der Waals surface area contributed by atoms with Crippen LogP contribution in [-0.4, -0.2) is 17.4 Å². The Balaban J connectivity index is 3.39. The summed E-state index contributed by atoms with van der Waals surface area (Å²) in [6.07, 6.45) is 8.58. The van der Waals surface area contributed by atoms with E-state index in [1.807, 2.05) is 6.92 Å². The molecular formula is C13H25BrO2. The molecule has 16 heavy (non-hydrogen) atoms. The first-order valence-corrected chi connectivity index (χ1v) is 7.58. The Morgan fingerprint density at radius 2 is 1.94 bits per heavy atom. The van der Waals surface area contributed by atoms with E-state index in [0.29, 0.717) is 6.42 Å². The molecule has 0 radical (unpaired) electrons. The SMILES string of the molecule is CCCCCCC(C)OC(=O)CCCCBr. The lowest BCUT2D eigenvalue weighted by Gasteiger charge is -2.12. The second-order valence-electron chi connectivity index (χ2n) is 4.30. The van der Waals surface area contributed by atoms with Crippen LogP contribution in [0.4, 0.5) is 0 Å². The summed E-state index contributed by atoms with van der Waals surface area (Å²) in [4.78, 5) is 11.4. The van der Waals surface area contributed by atoms with Crippen LogP contribution in [0, 0.1) is 0 Å². The standard InChI is InChI=1S/C13H25BrO2/c1-3-4-5-6-9-12(2)16-13(15)10-7-8-11-14/h12H,3-11H2,1-2H3. The first-order valence-electron chi connectivity index (χ1n) is 6.46. The molecule has 0 bridgehead atoms. The topological polar surface area (TPSA) is 26.3 Å². The van der Waals surface area contributed by atoms with E-state index >= 15 is 0 Å². The average molecular weight is 293 g/mol. The number of hydrogen-bond acceptors (Lipinski definition) is 2. The first-order chi connectivity index (χ1) is 7.70. The molecule has 0 aliphatic carbocycles. The minimum atomic E-state index is -0.0380. The number of hydrogen-bond donors (Lipinski definition) is 0. The third-order valence-electron chi connectivity index (χ3n) is 2.56. The molecule has 0 spiro atoms. The van der Waals surface area contributed by atoms with E-state index in [9.17, 15) is 4.79 Å². The molecule has 0 fully saturated rings. The monoisotopic (exact) mass is 292 g/mol. The number of rotatable bonds is 10. The summed E-state index contributed by atoms with van der Waals surface area (Å²) in [5, 5.41) is 0.965. The van der Waals surface area contributed by atoms with Gasteiger partial charge in [-0.25, -0.2) is 0 Å². The smallest absolute Gasteiger partial charge is 0.306 e. The molecule has 0 rings (SSSR count).